The van der Waals surface area contributed by atoms with Gasteiger partial charge in [-0.15, -0.1) is 0 Å². The number of amides is 1. The third-order valence-electron chi connectivity index (χ3n) is 7.43. The number of ketones is 1. The van der Waals surface area contributed by atoms with E-state index in [4.69, 9.17) is 22.1 Å². The lowest BCUT2D eigenvalue weighted by atomic mass is 9.97. The molecule has 2 aliphatic rings. The lowest BCUT2D eigenvalue weighted by molar-refractivity contribution is -0.114. The third kappa shape index (κ3) is 5.39. The number of hydrogen-bond acceptors (Lipinski definition) is 8. The van der Waals surface area contributed by atoms with Crippen LogP contribution in [0.1, 0.15) is 63.0 Å². The van der Waals surface area contributed by atoms with Gasteiger partial charge in [0.15, 0.2) is 5.78 Å². The molecule has 4 N–H and O–H groups in total. The molecule has 1 aliphatic carbocycles. The number of aromatic nitrogens is 4. The maximum atomic E-state index is 13.8. The van der Waals surface area contributed by atoms with E-state index in [2.05, 4.69) is 30.2 Å². The van der Waals surface area contributed by atoms with E-state index in [1.54, 1.807) is 31.5 Å². The Morgan fingerprint density at radius 2 is 2.08 bits per heavy atom. The van der Waals surface area contributed by atoms with Crippen molar-refractivity contribution in [2.45, 2.75) is 39.0 Å². The van der Waals surface area contributed by atoms with Gasteiger partial charge < -0.3 is 25.7 Å². The lowest BCUT2D eigenvalue weighted by Gasteiger charge is -2.14. The normalized spacial score (nSPS) is 18.1. The predicted octanol–water partition coefficient (Wildman–Crippen LogP) is 3.34. The van der Waals surface area contributed by atoms with Gasteiger partial charge in [-0.05, 0) is 57.5 Å². The van der Waals surface area contributed by atoms with Crippen molar-refractivity contribution in [2.75, 3.05) is 39.0 Å². The van der Waals surface area contributed by atoms with Gasteiger partial charge in [-0.3, -0.25) is 14.6 Å². The standard InChI is InChI=1S/C28H32ClN7O3/c1-15-21(33-16(2)22(15)27(38)32-8-11-36-9-4-5-10-36)14-19-23-24(34-28(30)35-26(23)29)20(25(19)37)13-17-12-18(39-3)6-7-31-17/h6-7,12,14,20,33H,4-5,8-11,13H2,1-3H3,(H,32,38)(H2,30,34,35). The molecule has 1 unspecified atom stereocenters. The van der Waals surface area contributed by atoms with Crippen molar-refractivity contribution in [1.82, 2.24) is 30.2 Å². The zero-order valence-corrected chi connectivity index (χ0v) is 23.1. The number of nitrogens with two attached hydrogens (primary N) is 1. The Kier molecular flexibility index (Phi) is 7.67. The summed E-state index contributed by atoms with van der Waals surface area (Å²) in [4.78, 5) is 45.4. The number of carbonyl (C=O) groups excluding carboxylic acids is 2. The molecule has 39 heavy (non-hydrogen) atoms. The molecule has 1 atom stereocenters. The quantitative estimate of drug-likeness (QED) is 0.287. The number of aromatic amines is 1. The summed E-state index contributed by atoms with van der Waals surface area (Å²) in [7, 11) is 1.58. The molecule has 11 heteroatoms. The number of H-pyrrole nitrogens is 1. The summed E-state index contributed by atoms with van der Waals surface area (Å²) < 4.78 is 5.31. The molecule has 4 heterocycles. The summed E-state index contributed by atoms with van der Waals surface area (Å²) in [6.45, 7) is 7.30. The molecule has 0 bridgehead atoms. The minimum Gasteiger partial charge on any atom is -0.497 e. The second-order valence-electron chi connectivity index (χ2n) is 9.97. The molecular weight excluding hydrogens is 518 g/mol. The number of rotatable bonds is 8. The van der Waals surface area contributed by atoms with Crippen molar-refractivity contribution in [3.8, 4) is 5.75 Å². The molecule has 1 saturated heterocycles. The average molecular weight is 550 g/mol. The third-order valence-corrected chi connectivity index (χ3v) is 7.71. The van der Waals surface area contributed by atoms with E-state index in [1.807, 2.05) is 13.8 Å². The maximum absolute atomic E-state index is 13.8. The van der Waals surface area contributed by atoms with Gasteiger partial charge in [0.2, 0.25) is 5.95 Å². The van der Waals surface area contributed by atoms with E-state index < -0.39 is 5.92 Å². The average Bonchev–Trinajstić information content (AvgIpc) is 3.58. The van der Waals surface area contributed by atoms with Crippen molar-refractivity contribution >= 4 is 40.9 Å². The highest BCUT2D eigenvalue weighted by atomic mass is 35.5. The van der Waals surface area contributed by atoms with Gasteiger partial charge >= 0.3 is 0 Å². The van der Waals surface area contributed by atoms with Gasteiger partial charge in [0.25, 0.3) is 5.91 Å². The summed E-state index contributed by atoms with van der Waals surface area (Å²) in [6.07, 6.45) is 6.08. The number of methoxy groups -OCH3 is 1. The Bertz CT molecular complexity index is 1460. The fourth-order valence-corrected chi connectivity index (χ4v) is 5.75. The summed E-state index contributed by atoms with van der Waals surface area (Å²) in [5.41, 5.74) is 10.6. The molecule has 0 aromatic carbocycles. The number of pyridine rings is 1. The van der Waals surface area contributed by atoms with Crippen LogP contribution in [0.3, 0.4) is 0 Å². The van der Waals surface area contributed by atoms with Crippen LogP contribution < -0.4 is 15.8 Å². The van der Waals surface area contributed by atoms with Gasteiger partial charge in [-0.1, -0.05) is 11.6 Å². The van der Waals surface area contributed by atoms with E-state index in [0.717, 1.165) is 30.9 Å². The van der Waals surface area contributed by atoms with E-state index >= 15 is 0 Å². The molecule has 0 saturated carbocycles. The van der Waals surface area contributed by atoms with E-state index in [1.165, 1.54) is 12.8 Å². The molecule has 0 spiro atoms. The number of ether oxygens (including phenoxy) is 1. The zero-order valence-electron chi connectivity index (χ0n) is 22.3. The highest BCUT2D eigenvalue weighted by Crippen LogP contribution is 2.43. The van der Waals surface area contributed by atoms with Gasteiger partial charge in [0.1, 0.15) is 10.9 Å². The molecule has 10 nitrogen and oxygen atoms in total. The van der Waals surface area contributed by atoms with Crippen LogP contribution in [0.4, 0.5) is 5.95 Å². The second-order valence-corrected chi connectivity index (χ2v) is 10.3. The van der Waals surface area contributed by atoms with Gasteiger partial charge in [0, 0.05) is 60.0 Å². The number of nitrogens with one attached hydrogen (secondary N) is 2. The molecule has 1 aliphatic heterocycles. The fourth-order valence-electron chi connectivity index (χ4n) is 5.46. The van der Waals surface area contributed by atoms with Crippen LogP contribution in [0.2, 0.25) is 5.15 Å². The minimum absolute atomic E-state index is 0.00353. The molecule has 3 aromatic rings. The topological polar surface area (TPSA) is 139 Å². The number of carbonyl (C=O) groups is 2. The summed E-state index contributed by atoms with van der Waals surface area (Å²) in [5, 5.41) is 3.15. The van der Waals surface area contributed by atoms with E-state index in [0.29, 0.717) is 52.5 Å². The zero-order chi connectivity index (χ0) is 27.7. The number of likely N-dealkylation sites (tertiary alicyclic amines) is 1. The molecule has 5 rings (SSSR count). The monoisotopic (exact) mass is 549 g/mol. The first-order valence-corrected chi connectivity index (χ1v) is 13.4. The SMILES string of the molecule is COc1ccnc(CC2C(=O)C(=Cc3[nH]c(C)c(C(=O)NCCN4CCCC4)c3C)c3c(Cl)nc(N)nc32)c1. The van der Waals surface area contributed by atoms with E-state index in [9.17, 15) is 9.59 Å². The predicted molar refractivity (Wildman–Crippen MR) is 150 cm³/mol. The smallest absolute Gasteiger partial charge is 0.253 e. The Hall–Kier alpha value is -3.76. The van der Waals surface area contributed by atoms with Crippen molar-refractivity contribution in [1.29, 1.82) is 0 Å². The van der Waals surface area contributed by atoms with Crippen LogP contribution in [0, 0.1) is 13.8 Å². The van der Waals surface area contributed by atoms with Crippen molar-refractivity contribution < 1.29 is 14.3 Å². The molecule has 3 aromatic heterocycles. The number of Topliss-reactive ketones (excluding diaryl/α,β-unsaturated/α-hetero) is 1. The first-order valence-electron chi connectivity index (χ1n) is 13.0. The van der Waals surface area contributed by atoms with Crippen molar-refractivity contribution in [3.05, 3.63) is 62.9 Å². The van der Waals surface area contributed by atoms with E-state index in [-0.39, 0.29) is 22.8 Å². The summed E-state index contributed by atoms with van der Waals surface area (Å²) >= 11 is 6.52. The van der Waals surface area contributed by atoms with Crippen molar-refractivity contribution in [3.63, 3.8) is 0 Å². The summed E-state index contributed by atoms with van der Waals surface area (Å²) in [5.74, 6) is -0.306. The Balaban J connectivity index is 1.45. The first-order chi connectivity index (χ1) is 18.8. The molecule has 1 amide bonds. The van der Waals surface area contributed by atoms with Crippen molar-refractivity contribution in [2.24, 2.45) is 0 Å². The number of anilines is 1. The number of nitrogen functional groups attached to an aromatic ring is 1. The summed E-state index contributed by atoms with van der Waals surface area (Å²) in [6, 6.07) is 3.53. The molecule has 204 valence electrons. The van der Waals surface area contributed by atoms with Gasteiger partial charge in [-0.2, -0.15) is 0 Å². The largest absolute Gasteiger partial charge is 0.497 e. The van der Waals surface area contributed by atoms with Gasteiger partial charge in [0.05, 0.1) is 24.3 Å². The number of halogens is 1. The number of hydrogen-bond donors (Lipinski definition) is 3. The molecule has 1 fully saturated rings. The van der Waals surface area contributed by atoms with Crippen LogP contribution in [0.5, 0.6) is 5.75 Å². The number of aryl methyl sites for hydroxylation is 1. The second kappa shape index (κ2) is 11.2. The Labute approximate surface area is 232 Å². The van der Waals surface area contributed by atoms with Gasteiger partial charge in [-0.25, -0.2) is 9.97 Å². The highest BCUT2D eigenvalue weighted by Gasteiger charge is 2.39. The van der Waals surface area contributed by atoms with Crippen LogP contribution in [-0.2, 0) is 11.2 Å². The fraction of sp³-hybridized carbons (Fsp3) is 0.393. The Morgan fingerprint density at radius 3 is 2.82 bits per heavy atom. The first kappa shape index (κ1) is 26.8. The molecule has 0 radical (unpaired) electrons. The van der Waals surface area contributed by atoms with Crippen LogP contribution >= 0.6 is 11.6 Å². The van der Waals surface area contributed by atoms with Crippen LogP contribution in [-0.4, -0.2) is 69.8 Å². The number of allylic oxidation sites excluding steroid dienone is 1. The lowest BCUT2D eigenvalue weighted by Crippen LogP contribution is -2.33. The highest BCUT2D eigenvalue weighted by molar-refractivity contribution is 6.38. The Morgan fingerprint density at radius 1 is 1.31 bits per heavy atom. The van der Waals surface area contributed by atoms with Crippen LogP contribution in [0.15, 0.2) is 18.3 Å². The number of nitrogens with zero attached hydrogens (tertiary/aromatic N) is 4. The number of fused-ring (bicyclic) bond motifs is 1. The minimum atomic E-state index is -0.640. The molecular formula is C28H32ClN7O3. The maximum Gasteiger partial charge on any atom is 0.253 e. The van der Waals surface area contributed by atoms with Crippen LogP contribution in [0.25, 0.3) is 11.6 Å².